The Morgan fingerprint density at radius 1 is 1.03 bits per heavy atom. The van der Waals surface area contributed by atoms with E-state index in [1.54, 1.807) is 41.4 Å². The number of para-hydroxylation sites is 1. The predicted octanol–water partition coefficient (Wildman–Crippen LogP) is 3.41. The van der Waals surface area contributed by atoms with Crippen molar-refractivity contribution in [2.75, 3.05) is 6.61 Å². The van der Waals surface area contributed by atoms with Crippen LogP contribution in [0, 0.1) is 0 Å². The number of pyridine rings is 2. The van der Waals surface area contributed by atoms with Crippen LogP contribution < -0.4 is 15.6 Å². The van der Waals surface area contributed by atoms with Crippen LogP contribution in [0.15, 0.2) is 90.1 Å². The van der Waals surface area contributed by atoms with E-state index >= 15 is 0 Å². The van der Waals surface area contributed by atoms with E-state index in [2.05, 4.69) is 10.3 Å². The largest absolute Gasteiger partial charge is 0.492 e. The summed E-state index contributed by atoms with van der Waals surface area (Å²) >= 11 is 0. The fourth-order valence-corrected chi connectivity index (χ4v) is 3.16. The highest BCUT2D eigenvalue weighted by molar-refractivity contribution is 5.98. The maximum Gasteiger partial charge on any atom is 0.258 e. The summed E-state index contributed by atoms with van der Waals surface area (Å²) < 4.78 is 7.28. The standard InChI is InChI=1S/C24H21N3O3/c28-23(26-17-18-5-4-11-25-16-18)20-9-8-19-10-12-27(24(29)22(19)15-20)13-14-30-21-6-2-1-3-7-21/h1-12,15-16H,13-14,17H2,(H,26,28). The lowest BCUT2D eigenvalue weighted by Gasteiger charge is -2.10. The summed E-state index contributed by atoms with van der Waals surface area (Å²) in [5.41, 5.74) is 1.21. The first kappa shape index (κ1) is 19.4. The van der Waals surface area contributed by atoms with Gasteiger partial charge in [0.15, 0.2) is 0 Å². The molecule has 6 nitrogen and oxygen atoms in total. The lowest BCUT2D eigenvalue weighted by molar-refractivity contribution is 0.0951. The lowest BCUT2D eigenvalue weighted by Crippen LogP contribution is -2.25. The minimum Gasteiger partial charge on any atom is -0.492 e. The van der Waals surface area contributed by atoms with Crippen LogP contribution in [-0.2, 0) is 13.1 Å². The summed E-state index contributed by atoms with van der Waals surface area (Å²) in [5.74, 6) is 0.530. The highest BCUT2D eigenvalue weighted by Crippen LogP contribution is 2.13. The van der Waals surface area contributed by atoms with Crippen molar-refractivity contribution in [3.05, 3.63) is 107 Å². The first-order valence-corrected chi connectivity index (χ1v) is 9.69. The number of carbonyl (C=O) groups excluding carboxylic acids is 1. The molecule has 0 atom stereocenters. The van der Waals surface area contributed by atoms with E-state index in [1.165, 1.54) is 0 Å². The van der Waals surface area contributed by atoms with Crippen LogP contribution in [0.25, 0.3) is 10.8 Å². The van der Waals surface area contributed by atoms with Crippen LogP contribution in [0.5, 0.6) is 5.75 Å². The van der Waals surface area contributed by atoms with Crippen LogP contribution in [0.4, 0.5) is 0 Å². The number of benzene rings is 2. The Labute approximate surface area is 173 Å². The Balaban J connectivity index is 1.47. The Morgan fingerprint density at radius 3 is 2.70 bits per heavy atom. The van der Waals surface area contributed by atoms with Gasteiger partial charge in [0.1, 0.15) is 12.4 Å². The van der Waals surface area contributed by atoms with Crippen molar-refractivity contribution in [3.63, 3.8) is 0 Å². The van der Waals surface area contributed by atoms with Gasteiger partial charge in [0.2, 0.25) is 0 Å². The maximum atomic E-state index is 12.9. The fourth-order valence-electron chi connectivity index (χ4n) is 3.16. The third kappa shape index (κ3) is 4.55. The maximum absolute atomic E-state index is 12.9. The van der Waals surface area contributed by atoms with Gasteiger partial charge < -0.3 is 14.6 Å². The van der Waals surface area contributed by atoms with Gasteiger partial charge in [0.25, 0.3) is 11.5 Å². The second kappa shape index (κ2) is 9.05. The summed E-state index contributed by atoms with van der Waals surface area (Å²) in [6.07, 6.45) is 5.14. The molecule has 6 heteroatoms. The average Bonchev–Trinajstić information content (AvgIpc) is 2.80. The van der Waals surface area contributed by atoms with Gasteiger partial charge in [-0.3, -0.25) is 14.6 Å². The van der Waals surface area contributed by atoms with Crippen molar-refractivity contribution >= 4 is 16.7 Å². The quantitative estimate of drug-likeness (QED) is 0.517. The SMILES string of the molecule is O=C(NCc1cccnc1)c1ccc2ccn(CCOc3ccccc3)c(=O)c2c1. The van der Waals surface area contributed by atoms with E-state index in [9.17, 15) is 9.59 Å². The molecule has 0 spiro atoms. The molecular formula is C24H21N3O3. The molecule has 2 aromatic carbocycles. The molecule has 2 heterocycles. The number of hydrogen-bond donors (Lipinski definition) is 1. The number of hydrogen-bond acceptors (Lipinski definition) is 4. The summed E-state index contributed by atoms with van der Waals surface area (Å²) in [5, 5.41) is 4.16. The normalized spacial score (nSPS) is 10.7. The molecular weight excluding hydrogens is 378 g/mol. The molecule has 0 unspecified atom stereocenters. The molecule has 4 aromatic rings. The molecule has 150 valence electrons. The van der Waals surface area contributed by atoms with Crippen molar-refractivity contribution in [2.45, 2.75) is 13.1 Å². The minimum absolute atomic E-state index is 0.147. The van der Waals surface area contributed by atoms with Gasteiger partial charge in [-0.05, 0) is 47.3 Å². The molecule has 1 N–H and O–H groups in total. The van der Waals surface area contributed by atoms with E-state index in [4.69, 9.17) is 4.74 Å². The van der Waals surface area contributed by atoms with E-state index in [0.717, 1.165) is 16.7 Å². The molecule has 0 aliphatic carbocycles. The Hall–Kier alpha value is -3.93. The van der Waals surface area contributed by atoms with Gasteiger partial charge in [0.05, 0.1) is 6.54 Å². The third-order valence-electron chi connectivity index (χ3n) is 4.76. The van der Waals surface area contributed by atoms with Crippen LogP contribution >= 0.6 is 0 Å². The van der Waals surface area contributed by atoms with Gasteiger partial charge in [-0.2, -0.15) is 0 Å². The molecule has 0 aliphatic heterocycles. The second-order valence-corrected chi connectivity index (χ2v) is 6.82. The zero-order valence-corrected chi connectivity index (χ0v) is 16.3. The number of ether oxygens (including phenoxy) is 1. The number of aromatic nitrogens is 2. The third-order valence-corrected chi connectivity index (χ3v) is 4.76. The number of fused-ring (bicyclic) bond motifs is 1. The second-order valence-electron chi connectivity index (χ2n) is 6.82. The van der Waals surface area contributed by atoms with E-state index in [-0.39, 0.29) is 11.5 Å². The first-order chi connectivity index (χ1) is 14.7. The highest BCUT2D eigenvalue weighted by Gasteiger charge is 2.09. The molecule has 30 heavy (non-hydrogen) atoms. The van der Waals surface area contributed by atoms with Crippen molar-refractivity contribution in [1.82, 2.24) is 14.9 Å². The van der Waals surface area contributed by atoms with Crippen LogP contribution in [0.3, 0.4) is 0 Å². The summed E-state index contributed by atoms with van der Waals surface area (Å²) in [6, 6.07) is 20.2. The Morgan fingerprint density at radius 2 is 1.90 bits per heavy atom. The molecule has 0 aliphatic rings. The van der Waals surface area contributed by atoms with Crippen molar-refractivity contribution < 1.29 is 9.53 Å². The van der Waals surface area contributed by atoms with Crippen molar-refractivity contribution in [1.29, 1.82) is 0 Å². The summed E-state index contributed by atoms with van der Waals surface area (Å²) in [4.78, 5) is 29.5. The lowest BCUT2D eigenvalue weighted by atomic mass is 10.1. The smallest absolute Gasteiger partial charge is 0.258 e. The number of nitrogens with zero attached hydrogens (tertiary/aromatic N) is 2. The zero-order chi connectivity index (χ0) is 20.8. The molecule has 0 bridgehead atoms. The average molecular weight is 399 g/mol. The highest BCUT2D eigenvalue weighted by atomic mass is 16.5. The monoisotopic (exact) mass is 399 g/mol. The molecule has 2 aromatic heterocycles. The first-order valence-electron chi connectivity index (χ1n) is 9.69. The summed E-state index contributed by atoms with van der Waals surface area (Å²) in [7, 11) is 0. The van der Waals surface area contributed by atoms with Crippen LogP contribution in [0.1, 0.15) is 15.9 Å². The van der Waals surface area contributed by atoms with E-state index in [0.29, 0.717) is 30.6 Å². The van der Waals surface area contributed by atoms with Gasteiger partial charge in [-0.25, -0.2) is 0 Å². The van der Waals surface area contributed by atoms with Crippen molar-refractivity contribution in [3.8, 4) is 5.75 Å². The van der Waals surface area contributed by atoms with Gasteiger partial charge in [-0.1, -0.05) is 30.3 Å². The molecule has 0 fully saturated rings. The Kier molecular flexibility index (Phi) is 5.85. The van der Waals surface area contributed by atoms with Gasteiger partial charge >= 0.3 is 0 Å². The van der Waals surface area contributed by atoms with Gasteiger partial charge in [-0.15, -0.1) is 0 Å². The van der Waals surface area contributed by atoms with E-state index < -0.39 is 0 Å². The number of nitrogens with one attached hydrogen (secondary N) is 1. The molecule has 0 saturated heterocycles. The van der Waals surface area contributed by atoms with Crippen LogP contribution in [-0.4, -0.2) is 22.1 Å². The minimum atomic E-state index is -0.233. The van der Waals surface area contributed by atoms with E-state index in [1.807, 2.05) is 48.5 Å². The molecule has 1 amide bonds. The zero-order valence-electron chi connectivity index (χ0n) is 16.3. The van der Waals surface area contributed by atoms with Gasteiger partial charge in [0, 0.05) is 36.1 Å². The summed E-state index contributed by atoms with van der Waals surface area (Å²) in [6.45, 7) is 1.17. The number of amides is 1. The number of rotatable bonds is 7. The molecule has 4 rings (SSSR count). The fraction of sp³-hybridized carbons (Fsp3) is 0.125. The van der Waals surface area contributed by atoms with Crippen LogP contribution in [0.2, 0.25) is 0 Å². The van der Waals surface area contributed by atoms with Crippen molar-refractivity contribution in [2.24, 2.45) is 0 Å². The topological polar surface area (TPSA) is 73.2 Å². The number of carbonyl (C=O) groups is 1. The Bertz CT molecular complexity index is 1200. The predicted molar refractivity (Wildman–Crippen MR) is 116 cm³/mol. The molecule has 0 radical (unpaired) electrons. The molecule has 0 saturated carbocycles.